The topological polar surface area (TPSA) is 105 Å². The van der Waals surface area contributed by atoms with Crippen LogP contribution in [0.3, 0.4) is 0 Å². The molecule has 0 rings (SSSR count). The Morgan fingerprint density at radius 2 is 1.36 bits per heavy atom. The highest BCUT2D eigenvalue weighted by Gasteiger charge is 2.30. The van der Waals surface area contributed by atoms with Crippen molar-refractivity contribution in [2.75, 3.05) is 39.6 Å². The minimum absolute atomic E-state index is 0.00563. The third-order valence-electron chi connectivity index (χ3n) is 3.21. The van der Waals surface area contributed by atoms with Gasteiger partial charge in [-0.3, -0.25) is 0 Å². The molecule has 0 aliphatic rings. The molecule has 0 saturated carbocycles. The van der Waals surface area contributed by atoms with Crippen molar-refractivity contribution >= 4 is 5.97 Å². The number of allylic oxidation sites excluding steroid dienone is 1. The van der Waals surface area contributed by atoms with Crippen molar-refractivity contribution in [3.63, 3.8) is 0 Å². The molecule has 0 spiro atoms. The zero-order valence-corrected chi connectivity index (χ0v) is 13.6. The number of aliphatic hydroxyl groups excluding tert-OH is 3. The lowest BCUT2D eigenvalue weighted by atomic mass is 9.85. The Kier molecular flexibility index (Phi) is 10.6. The lowest BCUT2D eigenvalue weighted by Gasteiger charge is -2.27. The van der Waals surface area contributed by atoms with Crippen molar-refractivity contribution in [1.82, 2.24) is 0 Å². The van der Waals surface area contributed by atoms with E-state index in [4.69, 9.17) is 14.2 Å². The smallest absolute Gasteiger partial charge is 0.377 e. The third-order valence-corrected chi connectivity index (χ3v) is 3.21. The van der Waals surface area contributed by atoms with Gasteiger partial charge in [-0.2, -0.15) is 0 Å². The molecule has 0 bridgehead atoms. The van der Waals surface area contributed by atoms with Crippen LogP contribution in [0.5, 0.6) is 0 Å². The third kappa shape index (κ3) is 6.21. The molecule has 0 amide bonds. The molecular weight excluding hydrogens is 292 g/mol. The van der Waals surface area contributed by atoms with Gasteiger partial charge in [0.05, 0.1) is 39.6 Å². The number of aliphatic hydroxyl groups is 3. The molecule has 7 heteroatoms. The van der Waals surface area contributed by atoms with E-state index in [0.717, 1.165) is 0 Å². The Morgan fingerprint density at radius 1 is 0.864 bits per heavy atom. The van der Waals surface area contributed by atoms with E-state index >= 15 is 0 Å². The van der Waals surface area contributed by atoms with Gasteiger partial charge in [-0.25, -0.2) is 4.79 Å². The second-order valence-corrected chi connectivity index (χ2v) is 4.81. The lowest BCUT2D eigenvalue weighted by molar-refractivity contribution is -0.143. The molecule has 22 heavy (non-hydrogen) atoms. The summed E-state index contributed by atoms with van der Waals surface area (Å²) in [5, 5.41) is 28.1. The summed E-state index contributed by atoms with van der Waals surface area (Å²) >= 11 is 0. The molecule has 0 aliphatic heterocycles. The summed E-state index contributed by atoms with van der Waals surface area (Å²) in [5.41, 5.74) is -1.03. The second-order valence-electron chi connectivity index (χ2n) is 4.81. The molecule has 0 heterocycles. The molecular formula is C15H28O7. The second kappa shape index (κ2) is 11.3. The Morgan fingerprint density at radius 3 is 1.77 bits per heavy atom. The van der Waals surface area contributed by atoms with Gasteiger partial charge in [0.2, 0.25) is 5.76 Å². The van der Waals surface area contributed by atoms with Gasteiger partial charge in [0.25, 0.3) is 0 Å². The average Bonchev–Trinajstić information content (AvgIpc) is 2.53. The zero-order valence-electron chi connectivity index (χ0n) is 13.6. The maximum atomic E-state index is 11.9. The molecule has 3 N–H and O–H groups in total. The van der Waals surface area contributed by atoms with Crippen LogP contribution in [0, 0.1) is 5.41 Å². The molecule has 0 aromatic carbocycles. The SMILES string of the molecule is CCOC(=O)C(OCC)=C(CCC(CO)(CO)CO)OCC. The van der Waals surface area contributed by atoms with Gasteiger partial charge < -0.3 is 29.5 Å². The van der Waals surface area contributed by atoms with Gasteiger partial charge in [-0.05, 0) is 27.2 Å². The molecule has 0 aromatic rings. The fourth-order valence-electron chi connectivity index (χ4n) is 1.79. The van der Waals surface area contributed by atoms with E-state index in [1.165, 1.54) is 0 Å². The zero-order chi connectivity index (χ0) is 17.0. The Bertz CT molecular complexity index is 340. The molecule has 0 aliphatic carbocycles. The van der Waals surface area contributed by atoms with Crippen molar-refractivity contribution < 1.29 is 34.3 Å². The number of carbonyl (C=O) groups is 1. The number of hydrogen-bond donors (Lipinski definition) is 3. The van der Waals surface area contributed by atoms with E-state index in [0.29, 0.717) is 12.4 Å². The molecule has 0 fully saturated rings. The summed E-state index contributed by atoms with van der Waals surface area (Å²) in [4.78, 5) is 11.9. The van der Waals surface area contributed by atoms with Gasteiger partial charge in [-0.15, -0.1) is 0 Å². The van der Waals surface area contributed by atoms with E-state index in [-0.39, 0.29) is 51.6 Å². The predicted octanol–water partition coefficient (Wildman–Crippen LogP) is 0.578. The molecule has 130 valence electrons. The van der Waals surface area contributed by atoms with Crippen molar-refractivity contribution in [3.05, 3.63) is 11.5 Å². The van der Waals surface area contributed by atoms with Crippen LogP contribution >= 0.6 is 0 Å². The van der Waals surface area contributed by atoms with Gasteiger partial charge in [0.1, 0.15) is 5.76 Å². The monoisotopic (exact) mass is 320 g/mol. The molecule has 0 aromatic heterocycles. The van der Waals surface area contributed by atoms with Crippen LogP contribution in [0.15, 0.2) is 11.5 Å². The van der Waals surface area contributed by atoms with Crippen LogP contribution in [0.25, 0.3) is 0 Å². The Hall–Kier alpha value is -1.31. The first-order chi connectivity index (χ1) is 10.5. The molecule has 0 radical (unpaired) electrons. The lowest BCUT2D eigenvalue weighted by Crippen LogP contribution is -2.34. The number of rotatable bonds is 12. The van der Waals surface area contributed by atoms with E-state index in [2.05, 4.69) is 0 Å². The number of carbonyl (C=O) groups excluding carboxylic acids is 1. The van der Waals surface area contributed by atoms with E-state index < -0.39 is 11.4 Å². The van der Waals surface area contributed by atoms with Crippen LogP contribution in [0.1, 0.15) is 33.6 Å². The Labute approximate surface area is 131 Å². The number of hydrogen-bond acceptors (Lipinski definition) is 7. The molecule has 7 nitrogen and oxygen atoms in total. The summed E-state index contributed by atoms with van der Waals surface area (Å²) in [6.45, 7) is 4.90. The summed E-state index contributed by atoms with van der Waals surface area (Å²) in [6, 6.07) is 0. The normalized spacial score (nSPS) is 12.6. The summed E-state index contributed by atoms with van der Waals surface area (Å²) in [5.74, 6) is -0.327. The van der Waals surface area contributed by atoms with E-state index in [9.17, 15) is 20.1 Å². The highest BCUT2D eigenvalue weighted by atomic mass is 16.6. The molecule has 0 saturated heterocycles. The van der Waals surface area contributed by atoms with Gasteiger partial charge in [0, 0.05) is 11.8 Å². The first kappa shape index (κ1) is 20.7. The maximum Gasteiger partial charge on any atom is 0.377 e. The van der Waals surface area contributed by atoms with Gasteiger partial charge in [0.15, 0.2) is 0 Å². The van der Waals surface area contributed by atoms with Crippen LogP contribution < -0.4 is 0 Å². The standard InChI is InChI=1S/C15H28O7/c1-4-20-12(7-8-15(9-16,10-17)11-18)13(21-5-2)14(19)22-6-3/h16-18H,4-11H2,1-3H3. The van der Waals surface area contributed by atoms with Crippen molar-refractivity contribution in [2.24, 2.45) is 5.41 Å². The summed E-state index contributed by atoms with van der Waals surface area (Å²) < 4.78 is 15.7. The first-order valence-electron chi connectivity index (χ1n) is 7.52. The van der Waals surface area contributed by atoms with Gasteiger partial charge >= 0.3 is 5.97 Å². The summed E-state index contributed by atoms with van der Waals surface area (Å²) in [6.07, 6.45) is 0.464. The minimum Gasteiger partial charge on any atom is -0.494 e. The minimum atomic E-state index is -1.03. The fraction of sp³-hybridized carbons (Fsp3) is 0.800. The van der Waals surface area contributed by atoms with Crippen LogP contribution in [0.2, 0.25) is 0 Å². The predicted molar refractivity (Wildman–Crippen MR) is 79.8 cm³/mol. The number of ether oxygens (including phenoxy) is 3. The Balaban J connectivity index is 5.27. The highest BCUT2D eigenvalue weighted by molar-refractivity contribution is 5.86. The maximum absolute atomic E-state index is 11.9. The first-order valence-corrected chi connectivity index (χ1v) is 7.52. The van der Waals surface area contributed by atoms with Crippen LogP contribution in [-0.4, -0.2) is 60.9 Å². The largest absolute Gasteiger partial charge is 0.494 e. The number of esters is 1. The van der Waals surface area contributed by atoms with Crippen molar-refractivity contribution in [1.29, 1.82) is 0 Å². The fourth-order valence-corrected chi connectivity index (χ4v) is 1.79. The summed E-state index contributed by atoms with van der Waals surface area (Å²) in [7, 11) is 0. The highest BCUT2D eigenvalue weighted by Crippen LogP contribution is 2.27. The van der Waals surface area contributed by atoms with E-state index in [1.807, 2.05) is 0 Å². The average molecular weight is 320 g/mol. The van der Waals surface area contributed by atoms with Crippen molar-refractivity contribution in [2.45, 2.75) is 33.6 Å². The van der Waals surface area contributed by atoms with Crippen molar-refractivity contribution in [3.8, 4) is 0 Å². The van der Waals surface area contributed by atoms with E-state index in [1.54, 1.807) is 20.8 Å². The van der Waals surface area contributed by atoms with Crippen LogP contribution in [-0.2, 0) is 19.0 Å². The van der Waals surface area contributed by atoms with Gasteiger partial charge in [-0.1, -0.05) is 0 Å². The quantitative estimate of drug-likeness (QED) is 0.274. The van der Waals surface area contributed by atoms with Crippen LogP contribution in [0.4, 0.5) is 0 Å². The molecule has 0 unspecified atom stereocenters. The molecule has 0 atom stereocenters.